The topological polar surface area (TPSA) is 55.4 Å². The van der Waals surface area contributed by atoms with Crippen LogP contribution in [0.25, 0.3) is 0 Å². The van der Waals surface area contributed by atoms with E-state index in [1.807, 2.05) is 36.4 Å². The molecule has 0 aromatic heterocycles. The molecule has 0 saturated carbocycles. The molecule has 2 saturated heterocycles. The highest BCUT2D eigenvalue weighted by molar-refractivity contribution is 5.45. The molecule has 2 aromatic rings. The maximum atomic E-state index is 6.20. The lowest BCUT2D eigenvalue weighted by atomic mass is 9.85. The molecule has 0 spiro atoms. The minimum Gasteiger partial charge on any atom is -0.493 e. The van der Waals surface area contributed by atoms with Crippen LogP contribution in [-0.2, 0) is 9.47 Å². The summed E-state index contributed by atoms with van der Waals surface area (Å²) in [6.07, 6.45) is -0.0371. The summed E-state index contributed by atoms with van der Waals surface area (Å²) in [6.45, 7) is 1.31. The molecule has 150 valence electrons. The Bertz CT molecular complexity index is 766. The Hall–Kier alpha value is -2.44. The Balaban J connectivity index is 1.57. The fourth-order valence-corrected chi connectivity index (χ4v) is 4.29. The van der Waals surface area contributed by atoms with Gasteiger partial charge in [-0.25, -0.2) is 0 Å². The van der Waals surface area contributed by atoms with E-state index in [0.29, 0.717) is 36.2 Å². The second-order valence-corrected chi connectivity index (χ2v) is 7.06. The SMILES string of the molecule is COc1ccc(C2OC[C@H]3[C@@H]2CO[C@H]3c2ccc(OC)c(OC)c2)cc1OC. The van der Waals surface area contributed by atoms with Crippen molar-refractivity contribution in [3.05, 3.63) is 47.5 Å². The van der Waals surface area contributed by atoms with E-state index in [-0.39, 0.29) is 24.0 Å². The van der Waals surface area contributed by atoms with Gasteiger partial charge in [-0.05, 0) is 35.4 Å². The minimum atomic E-state index is -0.0186. The number of benzene rings is 2. The Morgan fingerprint density at radius 2 is 1.00 bits per heavy atom. The van der Waals surface area contributed by atoms with Crippen molar-refractivity contribution in [3.8, 4) is 23.0 Å². The predicted octanol–water partition coefficient (Wildman–Crippen LogP) is 3.80. The number of methoxy groups -OCH3 is 4. The van der Waals surface area contributed by atoms with Crippen LogP contribution >= 0.6 is 0 Å². The molecule has 6 heteroatoms. The second-order valence-electron chi connectivity index (χ2n) is 7.06. The Kier molecular flexibility index (Phi) is 5.33. The number of ether oxygens (including phenoxy) is 6. The average molecular weight is 386 g/mol. The zero-order valence-corrected chi connectivity index (χ0v) is 16.6. The van der Waals surface area contributed by atoms with E-state index in [1.54, 1.807) is 28.4 Å². The summed E-state index contributed by atoms with van der Waals surface area (Å²) in [5.41, 5.74) is 2.17. The molecule has 0 amide bonds. The molecule has 2 fully saturated rings. The molecule has 4 rings (SSSR count). The number of hydrogen-bond donors (Lipinski definition) is 0. The molecule has 28 heavy (non-hydrogen) atoms. The van der Waals surface area contributed by atoms with Crippen molar-refractivity contribution in [2.24, 2.45) is 11.8 Å². The summed E-state index contributed by atoms with van der Waals surface area (Å²) < 4.78 is 34.0. The standard InChI is InChI=1S/C22H26O6/c1-23-17-7-5-13(9-19(17)25-3)21-15-11-28-22(16(15)12-27-21)14-6-8-18(24-2)20(10-14)26-4/h5-10,15-16,21-22H,11-12H2,1-4H3/t15-,16-,21-,22?/m0/s1. The van der Waals surface area contributed by atoms with Crippen LogP contribution in [0.15, 0.2) is 36.4 Å². The third-order valence-electron chi connectivity index (χ3n) is 5.74. The van der Waals surface area contributed by atoms with Crippen LogP contribution in [0.4, 0.5) is 0 Å². The van der Waals surface area contributed by atoms with Crippen LogP contribution in [0.1, 0.15) is 23.3 Å². The maximum Gasteiger partial charge on any atom is 0.161 e. The molecule has 2 aromatic carbocycles. The first kappa shape index (κ1) is 18.9. The largest absolute Gasteiger partial charge is 0.493 e. The van der Waals surface area contributed by atoms with Gasteiger partial charge in [-0.2, -0.15) is 0 Å². The summed E-state index contributed by atoms with van der Waals surface area (Å²) in [4.78, 5) is 0. The molecule has 0 bridgehead atoms. The highest BCUT2D eigenvalue weighted by Gasteiger charge is 2.48. The van der Waals surface area contributed by atoms with Crippen LogP contribution in [0.5, 0.6) is 23.0 Å². The van der Waals surface area contributed by atoms with Gasteiger partial charge in [-0.15, -0.1) is 0 Å². The Morgan fingerprint density at radius 1 is 0.607 bits per heavy atom. The van der Waals surface area contributed by atoms with Crippen LogP contribution in [-0.4, -0.2) is 41.7 Å². The first-order chi connectivity index (χ1) is 13.7. The molecule has 0 radical (unpaired) electrons. The lowest BCUT2D eigenvalue weighted by molar-refractivity contribution is 0.0191. The summed E-state index contributed by atoms with van der Waals surface area (Å²) >= 11 is 0. The van der Waals surface area contributed by atoms with Crippen LogP contribution in [0.2, 0.25) is 0 Å². The van der Waals surface area contributed by atoms with Crippen molar-refractivity contribution in [2.45, 2.75) is 12.2 Å². The second kappa shape index (κ2) is 7.89. The normalized spacial score (nSPS) is 26.0. The van der Waals surface area contributed by atoms with Gasteiger partial charge in [-0.3, -0.25) is 0 Å². The van der Waals surface area contributed by atoms with Gasteiger partial charge in [0, 0.05) is 11.8 Å². The maximum absolute atomic E-state index is 6.20. The molecular formula is C22H26O6. The first-order valence-electron chi connectivity index (χ1n) is 9.37. The predicted molar refractivity (Wildman–Crippen MR) is 103 cm³/mol. The molecule has 2 heterocycles. The number of rotatable bonds is 6. The fourth-order valence-electron chi connectivity index (χ4n) is 4.29. The van der Waals surface area contributed by atoms with E-state index in [0.717, 1.165) is 11.1 Å². The molecule has 4 atom stereocenters. The van der Waals surface area contributed by atoms with Crippen LogP contribution < -0.4 is 18.9 Å². The molecule has 6 nitrogen and oxygen atoms in total. The van der Waals surface area contributed by atoms with Crippen molar-refractivity contribution in [1.29, 1.82) is 0 Å². The van der Waals surface area contributed by atoms with Crippen molar-refractivity contribution < 1.29 is 28.4 Å². The van der Waals surface area contributed by atoms with E-state index >= 15 is 0 Å². The van der Waals surface area contributed by atoms with Crippen molar-refractivity contribution in [2.75, 3.05) is 41.7 Å². The first-order valence-corrected chi connectivity index (χ1v) is 9.37. The molecular weight excluding hydrogens is 360 g/mol. The Labute approximate surface area is 165 Å². The summed E-state index contributed by atoms with van der Waals surface area (Å²) in [7, 11) is 6.56. The molecule has 0 aliphatic carbocycles. The average Bonchev–Trinajstić information content (AvgIpc) is 3.35. The summed E-state index contributed by atoms with van der Waals surface area (Å²) in [5.74, 6) is 3.43. The molecule has 2 aliphatic rings. The zero-order chi connectivity index (χ0) is 19.7. The highest BCUT2D eigenvalue weighted by Crippen LogP contribution is 2.51. The third kappa shape index (κ3) is 3.16. The van der Waals surface area contributed by atoms with E-state index < -0.39 is 0 Å². The Morgan fingerprint density at radius 3 is 1.36 bits per heavy atom. The third-order valence-corrected chi connectivity index (χ3v) is 5.74. The van der Waals surface area contributed by atoms with Gasteiger partial charge in [-0.1, -0.05) is 12.1 Å². The van der Waals surface area contributed by atoms with Gasteiger partial charge in [0.25, 0.3) is 0 Å². The van der Waals surface area contributed by atoms with Crippen molar-refractivity contribution in [3.63, 3.8) is 0 Å². The van der Waals surface area contributed by atoms with Gasteiger partial charge in [0.2, 0.25) is 0 Å². The van der Waals surface area contributed by atoms with E-state index in [1.165, 1.54) is 0 Å². The molecule has 0 N–H and O–H groups in total. The van der Waals surface area contributed by atoms with E-state index in [2.05, 4.69) is 0 Å². The zero-order valence-electron chi connectivity index (χ0n) is 16.6. The van der Waals surface area contributed by atoms with Gasteiger partial charge in [0.1, 0.15) is 0 Å². The summed E-state index contributed by atoms with van der Waals surface area (Å²) in [5, 5.41) is 0. The molecule has 2 aliphatic heterocycles. The number of fused-ring (bicyclic) bond motifs is 1. The van der Waals surface area contributed by atoms with Gasteiger partial charge in [0.15, 0.2) is 23.0 Å². The summed E-state index contributed by atoms with van der Waals surface area (Å²) in [6, 6.07) is 11.9. The highest BCUT2D eigenvalue weighted by atomic mass is 16.5. The van der Waals surface area contributed by atoms with Crippen molar-refractivity contribution in [1.82, 2.24) is 0 Å². The van der Waals surface area contributed by atoms with Crippen LogP contribution in [0, 0.1) is 11.8 Å². The molecule has 1 unspecified atom stereocenters. The monoisotopic (exact) mass is 386 g/mol. The lowest BCUT2D eigenvalue weighted by Gasteiger charge is -2.18. The van der Waals surface area contributed by atoms with E-state index in [9.17, 15) is 0 Å². The van der Waals surface area contributed by atoms with Crippen LogP contribution in [0.3, 0.4) is 0 Å². The fraction of sp³-hybridized carbons (Fsp3) is 0.455. The quantitative estimate of drug-likeness (QED) is 0.753. The smallest absolute Gasteiger partial charge is 0.161 e. The minimum absolute atomic E-state index is 0.0186. The van der Waals surface area contributed by atoms with Gasteiger partial charge in [0.05, 0.1) is 53.9 Å². The lowest BCUT2D eigenvalue weighted by Crippen LogP contribution is -2.14. The number of hydrogen-bond acceptors (Lipinski definition) is 6. The van der Waals surface area contributed by atoms with Gasteiger partial charge < -0.3 is 28.4 Å². The van der Waals surface area contributed by atoms with Gasteiger partial charge >= 0.3 is 0 Å². The van der Waals surface area contributed by atoms with Crippen molar-refractivity contribution >= 4 is 0 Å². The van der Waals surface area contributed by atoms with E-state index in [4.69, 9.17) is 28.4 Å².